The lowest BCUT2D eigenvalue weighted by Gasteiger charge is -2.31. The Kier molecular flexibility index (Phi) is 4.92. The third-order valence-electron chi connectivity index (χ3n) is 5.03. The fourth-order valence-electron chi connectivity index (χ4n) is 3.74. The van der Waals surface area contributed by atoms with E-state index in [1.165, 1.54) is 12.1 Å². The molecule has 1 aliphatic rings. The molecule has 140 valence electrons. The number of hydrogen-bond acceptors (Lipinski definition) is 4. The summed E-state index contributed by atoms with van der Waals surface area (Å²) in [7, 11) is 0. The van der Waals surface area contributed by atoms with Crippen LogP contribution in [-0.4, -0.2) is 20.7 Å². The van der Waals surface area contributed by atoms with Gasteiger partial charge in [0, 0.05) is 0 Å². The van der Waals surface area contributed by atoms with E-state index >= 15 is 0 Å². The summed E-state index contributed by atoms with van der Waals surface area (Å²) >= 11 is 6.86. The van der Waals surface area contributed by atoms with E-state index in [1.807, 2.05) is 17.5 Å². The number of hydrogen-bond donors (Lipinski definition) is 2. The first-order valence-corrected chi connectivity index (χ1v) is 10.1. The van der Waals surface area contributed by atoms with Gasteiger partial charge in [-0.2, -0.15) is 5.10 Å². The maximum atomic E-state index is 13.3. The van der Waals surface area contributed by atoms with Gasteiger partial charge in [-0.3, -0.25) is 14.5 Å². The van der Waals surface area contributed by atoms with E-state index in [-0.39, 0.29) is 18.3 Å². The van der Waals surface area contributed by atoms with Crippen molar-refractivity contribution in [3.63, 3.8) is 0 Å². The quantitative estimate of drug-likeness (QED) is 0.622. The van der Waals surface area contributed by atoms with Crippen LogP contribution in [0.1, 0.15) is 31.2 Å². The molecular formula is C19H19FN4OS2. The monoisotopic (exact) mass is 402 g/mol. The maximum absolute atomic E-state index is 13.3. The number of rotatable bonds is 5. The van der Waals surface area contributed by atoms with Gasteiger partial charge in [-0.15, -0.1) is 11.3 Å². The Balaban J connectivity index is 1.58. The van der Waals surface area contributed by atoms with E-state index in [2.05, 4.69) is 15.5 Å². The highest BCUT2D eigenvalue weighted by atomic mass is 32.1. The number of H-pyrrole nitrogens is 1. The Labute approximate surface area is 165 Å². The molecule has 1 aromatic carbocycles. The minimum absolute atomic E-state index is 0.0888. The molecule has 27 heavy (non-hydrogen) atoms. The number of aromatic amines is 1. The van der Waals surface area contributed by atoms with Crippen molar-refractivity contribution in [2.24, 2.45) is 0 Å². The highest BCUT2D eigenvalue weighted by Crippen LogP contribution is 2.38. The predicted octanol–water partition coefficient (Wildman–Crippen LogP) is 4.39. The van der Waals surface area contributed by atoms with Crippen molar-refractivity contribution >= 4 is 29.5 Å². The fraction of sp³-hybridized carbons (Fsp3) is 0.316. The standard InChI is InChI=1S/C19H19FN4OS2/c20-14-7-5-13(6-8-14)19(9-1-2-10-19)21-16(25)12-24-17(22-23-18(24)26)15-4-3-11-27-15/h3-8,11H,1-2,9-10,12H2,(H,21,25)(H,23,26). The lowest BCUT2D eigenvalue weighted by atomic mass is 9.88. The summed E-state index contributed by atoms with van der Waals surface area (Å²) in [5.74, 6) is 0.257. The van der Waals surface area contributed by atoms with Crippen LogP contribution in [0.3, 0.4) is 0 Å². The number of amides is 1. The minimum Gasteiger partial charge on any atom is -0.345 e. The van der Waals surface area contributed by atoms with E-state index in [9.17, 15) is 9.18 Å². The molecule has 0 unspecified atom stereocenters. The van der Waals surface area contributed by atoms with E-state index in [0.29, 0.717) is 10.6 Å². The van der Waals surface area contributed by atoms with Crippen molar-refractivity contribution in [3.05, 3.63) is 57.9 Å². The van der Waals surface area contributed by atoms with Gasteiger partial charge in [0.2, 0.25) is 5.91 Å². The molecule has 4 rings (SSSR count). The van der Waals surface area contributed by atoms with Gasteiger partial charge >= 0.3 is 0 Å². The predicted molar refractivity (Wildman–Crippen MR) is 105 cm³/mol. The van der Waals surface area contributed by atoms with Gasteiger partial charge in [0.15, 0.2) is 10.6 Å². The van der Waals surface area contributed by atoms with Crippen LogP contribution in [0.2, 0.25) is 0 Å². The van der Waals surface area contributed by atoms with Crippen molar-refractivity contribution in [2.75, 3.05) is 0 Å². The summed E-state index contributed by atoms with van der Waals surface area (Å²) in [6.07, 6.45) is 3.75. The van der Waals surface area contributed by atoms with Gasteiger partial charge in [-0.05, 0) is 54.2 Å². The minimum atomic E-state index is -0.445. The van der Waals surface area contributed by atoms with Crippen LogP contribution in [0.15, 0.2) is 41.8 Å². The second kappa shape index (κ2) is 7.36. The van der Waals surface area contributed by atoms with E-state index in [0.717, 1.165) is 36.1 Å². The lowest BCUT2D eigenvalue weighted by molar-refractivity contribution is -0.123. The number of carbonyl (C=O) groups is 1. The van der Waals surface area contributed by atoms with Crippen LogP contribution in [0.4, 0.5) is 4.39 Å². The third-order valence-corrected chi connectivity index (χ3v) is 6.21. The molecule has 2 N–H and O–H groups in total. The van der Waals surface area contributed by atoms with Gasteiger partial charge in [0.05, 0.1) is 10.4 Å². The second-order valence-electron chi connectivity index (χ2n) is 6.76. The molecule has 0 atom stereocenters. The van der Waals surface area contributed by atoms with Crippen LogP contribution in [0.5, 0.6) is 0 Å². The zero-order valence-corrected chi connectivity index (χ0v) is 16.2. The van der Waals surface area contributed by atoms with Crippen LogP contribution >= 0.6 is 23.6 Å². The van der Waals surface area contributed by atoms with E-state index in [4.69, 9.17) is 12.2 Å². The summed E-state index contributed by atoms with van der Waals surface area (Å²) in [6, 6.07) is 10.3. The molecule has 0 spiro atoms. The Morgan fingerprint density at radius 3 is 2.70 bits per heavy atom. The summed E-state index contributed by atoms with van der Waals surface area (Å²) < 4.78 is 15.4. The molecule has 1 fully saturated rings. The first-order valence-electron chi connectivity index (χ1n) is 8.84. The molecule has 2 heterocycles. The van der Waals surface area contributed by atoms with Gasteiger partial charge in [0.1, 0.15) is 12.4 Å². The second-order valence-corrected chi connectivity index (χ2v) is 8.09. The number of carbonyl (C=O) groups excluding carboxylic acids is 1. The average molecular weight is 403 g/mol. The van der Waals surface area contributed by atoms with Crippen molar-refractivity contribution in [1.82, 2.24) is 20.1 Å². The van der Waals surface area contributed by atoms with Gasteiger partial charge in [-0.1, -0.05) is 31.0 Å². The molecule has 8 heteroatoms. The molecule has 2 aromatic heterocycles. The number of aromatic nitrogens is 3. The Morgan fingerprint density at radius 2 is 2.04 bits per heavy atom. The lowest BCUT2D eigenvalue weighted by Crippen LogP contribution is -2.45. The largest absolute Gasteiger partial charge is 0.345 e. The molecule has 0 aliphatic heterocycles. The molecule has 1 amide bonds. The first-order chi connectivity index (χ1) is 13.1. The molecule has 3 aromatic rings. The topological polar surface area (TPSA) is 62.7 Å². The Morgan fingerprint density at radius 1 is 1.30 bits per heavy atom. The summed E-state index contributed by atoms with van der Waals surface area (Å²) in [6.45, 7) is 0.0888. The number of thiophene rings is 1. The Bertz CT molecular complexity index is 986. The summed E-state index contributed by atoms with van der Waals surface area (Å²) in [5, 5.41) is 12.2. The molecule has 0 saturated heterocycles. The van der Waals surface area contributed by atoms with Crippen molar-refractivity contribution < 1.29 is 9.18 Å². The van der Waals surface area contributed by atoms with Gasteiger partial charge < -0.3 is 5.32 Å². The van der Waals surface area contributed by atoms with Gasteiger partial charge in [-0.25, -0.2) is 4.39 Å². The number of nitrogens with zero attached hydrogens (tertiary/aromatic N) is 2. The number of halogens is 1. The van der Waals surface area contributed by atoms with Crippen LogP contribution in [-0.2, 0) is 16.9 Å². The van der Waals surface area contributed by atoms with Gasteiger partial charge in [0.25, 0.3) is 0 Å². The zero-order valence-electron chi connectivity index (χ0n) is 14.6. The highest BCUT2D eigenvalue weighted by molar-refractivity contribution is 7.71. The fourth-order valence-corrected chi connectivity index (χ4v) is 4.66. The zero-order chi connectivity index (χ0) is 18.9. The molecule has 0 bridgehead atoms. The summed E-state index contributed by atoms with van der Waals surface area (Å²) in [4.78, 5) is 13.8. The van der Waals surface area contributed by atoms with Crippen molar-refractivity contribution in [1.29, 1.82) is 0 Å². The van der Waals surface area contributed by atoms with Crippen LogP contribution in [0, 0.1) is 10.6 Å². The van der Waals surface area contributed by atoms with Crippen molar-refractivity contribution in [3.8, 4) is 10.7 Å². The number of benzene rings is 1. The Hall–Kier alpha value is -2.32. The third kappa shape index (κ3) is 3.59. The van der Waals surface area contributed by atoms with E-state index in [1.54, 1.807) is 28.0 Å². The first kappa shape index (κ1) is 18.1. The molecule has 5 nitrogen and oxygen atoms in total. The SMILES string of the molecule is O=C(Cn1c(-c2cccs2)n[nH]c1=S)NC1(c2ccc(F)cc2)CCCC1. The van der Waals surface area contributed by atoms with E-state index < -0.39 is 5.54 Å². The molecule has 1 aliphatic carbocycles. The molecular weight excluding hydrogens is 383 g/mol. The maximum Gasteiger partial charge on any atom is 0.240 e. The normalized spacial score (nSPS) is 15.7. The smallest absolute Gasteiger partial charge is 0.240 e. The summed E-state index contributed by atoms with van der Waals surface area (Å²) in [5.41, 5.74) is 0.504. The molecule has 1 saturated carbocycles. The van der Waals surface area contributed by atoms with Crippen molar-refractivity contribution in [2.45, 2.75) is 37.8 Å². The highest BCUT2D eigenvalue weighted by Gasteiger charge is 2.37. The van der Waals surface area contributed by atoms with Crippen LogP contribution in [0.25, 0.3) is 10.7 Å². The number of nitrogens with one attached hydrogen (secondary N) is 2. The average Bonchev–Trinajstić information content (AvgIpc) is 3.39. The van der Waals surface area contributed by atoms with Crippen LogP contribution < -0.4 is 5.32 Å². The molecule has 0 radical (unpaired) electrons.